The van der Waals surface area contributed by atoms with E-state index in [-0.39, 0.29) is 5.92 Å². The molecule has 2 N–H and O–H groups in total. The number of nitrogens with two attached hydrogens (primary N) is 1. The molecule has 1 heterocycles. The van der Waals surface area contributed by atoms with Crippen molar-refractivity contribution in [2.45, 2.75) is 26.7 Å². The minimum Gasteiger partial charge on any atom is -0.382 e. The van der Waals surface area contributed by atoms with Gasteiger partial charge < -0.3 is 5.73 Å². The van der Waals surface area contributed by atoms with E-state index in [2.05, 4.69) is 9.97 Å². The van der Waals surface area contributed by atoms with Crippen LogP contribution in [0.1, 0.15) is 31.3 Å². The van der Waals surface area contributed by atoms with Crippen LogP contribution in [0.4, 0.5) is 5.82 Å². The van der Waals surface area contributed by atoms with Gasteiger partial charge >= 0.3 is 0 Å². The van der Waals surface area contributed by atoms with Crippen LogP contribution in [0.3, 0.4) is 0 Å². The zero-order chi connectivity index (χ0) is 9.30. The van der Waals surface area contributed by atoms with Gasteiger partial charge in [0.15, 0.2) is 0 Å². The fraction of sp³-hybridized carbons (Fsp3) is 0.500. The number of hydrogen-bond donors (Lipinski definition) is 1. The van der Waals surface area contributed by atoms with Gasteiger partial charge in [-0.15, -0.1) is 0 Å². The van der Waals surface area contributed by atoms with E-state index in [0.29, 0.717) is 16.7 Å². The van der Waals surface area contributed by atoms with Gasteiger partial charge in [0.2, 0.25) is 0 Å². The molecule has 0 amide bonds. The van der Waals surface area contributed by atoms with Crippen molar-refractivity contribution in [3.63, 3.8) is 0 Å². The van der Waals surface area contributed by atoms with E-state index in [9.17, 15) is 0 Å². The molecule has 0 saturated heterocycles. The van der Waals surface area contributed by atoms with Crippen molar-refractivity contribution in [3.8, 4) is 0 Å². The highest BCUT2D eigenvalue weighted by atomic mass is 35.5. The molecule has 66 valence electrons. The predicted molar refractivity (Wildman–Crippen MR) is 50.3 cm³/mol. The van der Waals surface area contributed by atoms with Gasteiger partial charge in [-0.25, -0.2) is 9.97 Å². The van der Waals surface area contributed by atoms with Gasteiger partial charge in [0.05, 0.1) is 5.69 Å². The Morgan fingerprint density at radius 1 is 1.33 bits per heavy atom. The Kier molecular flexibility index (Phi) is 2.52. The summed E-state index contributed by atoms with van der Waals surface area (Å²) in [6.45, 7) is 5.85. The molecule has 0 bridgehead atoms. The number of aryl methyl sites for hydroxylation is 1. The topological polar surface area (TPSA) is 51.8 Å². The molecule has 0 fully saturated rings. The zero-order valence-corrected chi connectivity index (χ0v) is 8.18. The monoisotopic (exact) mass is 185 g/mol. The number of nitrogens with zero attached hydrogens (tertiary/aromatic N) is 2. The van der Waals surface area contributed by atoms with Gasteiger partial charge in [-0.2, -0.15) is 0 Å². The first-order valence-electron chi connectivity index (χ1n) is 3.82. The van der Waals surface area contributed by atoms with Crippen molar-refractivity contribution in [2.75, 3.05) is 5.73 Å². The highest BCUT2D eigenvalue weighted by molar-refractivity contribution is 6.33. The molecule has 0 atom stereocenters. The van der Waals surface area contributed by atoms with Gasteiger partial charge in [-0.1, -0.05) is 25.4 Å². The number of halogens is 1. The SMILES string of the molecule is Cc1nc(N)c(Cl)c(C(C)C)n1. The van der Waals surface area contributed by atoms with Gasteiger partial charge in [0.25, 0.3) is 0 Å². The molecule has 0 aliphatic rings. The minimum absolute atomic E-state index is 0.279. The number of aromatic nitrogens is 2. The van der Waals surface area contributed by atoms with Crippen molar-refractivity contribution in [1.82, 2.24) is 9.97 Å². The Morgan fingerprint density at radius 3 is 2.42 bits per heavy atom. The van der Waals surface area contributed by atoms with Gasteiger partial charge in [0, 0.05) is 0 Å². The van der Waals surface area contributed by atoms with E-state index in [4.69, 9.17) is 17.3 Å². The lowest BCUT2D eigenvalue weighted by Gasteiger charge is -2.08. The van der Waals surface area contributed by atoms with E-state index in [1.54, 1.807) is 6.92 Å². The molecule has 1 aromatic heterocycles. The lowest BCUT2D eigenvalue weighted by Crippen LogP contribution is -2.03. The molecule has 0 aromatic carbocycles. The predicted octanol–water partition coefficient (Wildman–Crippen LogP) is 2.14. The highest BCUT2D eigenvalue weighted by Crippen LogP contribution is 2.25. The van der Waals surface area contributed by atoms with Gasteiger partial charge in [0.1, 0.15) is 16.7 Å². The average Bonchev–Trinajstić information content (AvgIpc) is 1.96. The molecule has 3 nitrogen and oxygen atoms in total. The van der Waals surface area contributed by atoms with E-state index in [1.165, 1.54) is 0 Å². The first-order chi connectivity index (χ1) is 5.52. The third kappa shape index (κ3) is 1.67. The Bertz CT molecular complexity index is 297. The molecule has 1 rings (SSSR count). The average molecular weight is 186 g/mol. The summed E-state index contributed by atoms with van der Waals surface area (Å²) in [6.07, 6.45) is 0. The second kappa shape index (κ2) is 3.27. The quantitative estimate of drug-likeness (QED) is 0.730. The lowest BCUT2D eigenvalue weighted by atomic mass is 10.1. The molecular formula is C8H12ClN3. The molecule has 4 heteroatoms. The van der Waals surface area contributed by atoms with Gasteiger partial charge in [-0.3, -0.25) is 0 Å². The summed E-state index contributed by atoms with van der Waals surface area (Å²) in [5, 5.41) is 0.482. The normalized spacial score (nSPS) is 10.8. The maximum Gasteiger partial charge on any atom is 0.146 e. The standard InChI is InChI=1S/C8H12ClN3/c1-4(2)7-6(9)8(10)12-5(3)11-7/h4H,1-3H3,(H2,10,11,12). The summed E-state index contributed by atoms with van der Waals surface area (Å²) in [4.78, 5) is 8.16. The number of nitrogen functional groups attached to an aromatic ring is 1. The molecule has 0 saturated carbocycles. The van der Waals surface area contributed by atoms with Crippen LogP contribution >= 0.6 is 11.6 Å². The highest BCUT2D eigenvalue weighted by Gasteiger charge is 2.11. The van der Waals surface area contributed by atoms with E-state index in [1.807, 2.05) is 13.8 Å². The molecule has 12 heavy (non-hydrogen) atoms. The van der Waals surface area contributed by atoms with Crippen molar-refractivity contribution >= 4 is 17.4 Å². The lowest BCUT2D eigenvalue weighted by molar-refractivity contribution is 0.804. The second-order valence-corrected chi connectivity index (χ2v) is 3.39. The van der Waals surface area contributed by atoms with Crippen molar-refractivity contribution < 1.29 is 0 Å². The van der Waals surface area contributed by atoms with Crippen LogP contribution in [0, 0.1) is 6.92 Å². The number of hydrogen-bond acceptors (Lipinski definition) is 3. The smallest absolute Gasteiger partial charge is 0.146 e. The van der Waals surface area contributed by atoms with Gasteiger partial charge in [-0.05, 0) is 12.8 Å². The van der Waals surface area contributed by atoms with Crippen molar-refractivity contribution in [3.05, 3.63) is 16.5 Å². The first-order valence-corrected chi connectivity index (χ1v) is 4.19. The summed E-state index contributed by atoms with van der Waals surface area (Å²) >= 11 is 5.91. The first kappa shape index (κ1) is 9.26. The van der Waals surface area contributed by atoms with Crippen molar-refractivity contribution in [2.24, 2.45) is 0 Å². The Morgan fingerprint density at radius 2 is 1.92 bits per heavy atom. The van der Waals surface area contributed by atoms with Crippen molar-refractivity contribution in [1.29, 1.82) is 0 Å². The van der Waals surface area contributed by atoms with Crippen LogP contribution in [0.15, 0.2) is 0 Å². The molecule has 0 spiro atoms. The Hall–Kier alpha value is -0.830. The van der Waals surface area contributed by atoms with Crippen LogP contribution in [-0.2, 0) is 0 Å². The summed E-state index contributed by atoms with van der Waals surface area (Å²) in [6, 6.07) is 0. The Labute approximate surface area is 77.0 Å². The van der Waals surface area contributed by atoms with Crippen LogP contribution in [0.25, 0.3) is 0 Å². The van der Waals surface area contributed by atoms with Crippen LogP contribution in [0.5, 0.6) is 0 Å². The largest absolute Gasteiger partial charge is 0.382 e. The molecular weight excluding hydrogens is 174 g/mol. The third-order valence-corrected chi connectivity index (χ3v) is 1.95. The second-order valence-electron chi connectivity index (χ2n) is 3.01. The summed E-state index contributed by atoms with van der Waals surface area (Å²) in [5.41, 5.74) is 6.40. The molecule has 1 aromatic rings. The maximum absolute atomic E-state index is 5.91. The summed E-state index contributed by atoms with van der Waals surface area (Å²) < 4.78 is 0. The van der Waals surface area contributed by atoms with E-state index in [0.717, 1.165) is 5.69 Å². The molecule has 0 radical (unpaired) electrons. The van der Waals surface area contributed by atoms with E-state index < -0.39 is 0 Å². The zero-order valence-electron chi connectivity index (χ0n) is 7.43. The van der Waals surface area contributed by atoms with Crippen LogP contribution in [0.2, 0.25) is 5.02 Å². The maximum atomic E-state index is 5.91. The minimum atomic E-state index is 0.279. The molecule has 0 unspecified atom stereocenters. The molecule has 0 aliphatic heterocycles. The number of anilines is 1. The van der Waals surface area contributed by atoms with E-state index >= 15 is 0 Å². The van der Waals surface area contributed by atoms with Crippen LogP contribution in [-0.4, -0.2) is 9.97 Å². The molecule has 0 aliphatic carbocycles. The summed E-state index contributed by atoms with van der Waals surface area (Å²) in [5.74, 6) is 1.31. The number of rotatable bonds is 1. The Balaban J connectivity index is 3.28. The summed E-state index contributed by atoms with van der Waals surface area (Å²) in [7, 11) is 0. The fourth-order valence-electron chi connectivity index (χ4n) is 0.986. The third-order valence-electron chi connectivity index (χ3n) is 1.56. The van der Waals surface area contributed by atoms with Crippen LogP contribution < -0.4 is 5.73 Å². The fourth-order valence-corrected chi connectivity index (χ4v) is 1.29.